The number of carbonyl (C=O) groups excluding carboxylic acids is 1. The second-order valence-electron chi connectivity index (χ2n) is 5.35. The number of methoxy groups -OCH3 is 1. The van der Waals surface area contributed by atoms with Crippen LogP contribution in [0.5, 0.6) is 5.75 Å². The van der Waals surface area contributed by atoms with Crippen molar-refractivity contribution in [2.75, 3.05) is 14.2 Å². The molecule has 0 radical (unpaired) electrons. The van der Waals surface area contributed by atoms with Crippen LogP contribution < -0.4 is 4.74 Å². The lowest BCUT2D eigenvalue weighted by atomic mass is 10.1. The average Bonchev–Trinajstić information content (AvgIpc) is 2.49. The number of nitrogens with zero attached hydrogens (tertiary/aromatic N) is 1. The first-order chi connectivity index (χ1) is 10.1. The van der Waals surface area contributed by atoms with Crippen LogP contribution in [0, 0.1) is 6.92 Å². The monoisotopic (exact) mass is 283 g/mol. The Balaban J connectivity index is 2.09. The molecule has 0 aliphatic heterocycles. The van der Waals surface area contributed by atoms with Gasteiger partial charge in [-0.25, -0.2) is 0 Å². The lowest BCUT2D eigenvalue weighted by Gasteiger charge is -2.19. The van der Waals surface area contributed by atoms with Crippen molar-refractivity contribution in [1.82, 2.24) is 4.90 Å². The van der Waals surface area contributed by atoms with Crippen LogP contribution in [0.3, 0.4) is 0 Å². The summed E-state index contributed by atoms with van der Waals surface area (Å²) in [5.41, 5.74) is 4.24. The predicted molar refractivity (Wildman–Crippen MR) is 84.7 cm³/mol. The van der Waals surface area contributed by atoms with Crippen LogP contribution in [0.2, 0.25) is 0 Å². The van der Waals surface area contributed by atoms with E-state index in [9.17, 15) is 4.79 Å². The minimum Gasteiger partial charge on any atom is -0.496 e. The largest absolute Gasteiger partial charge is 0.496 e. The van der Waals surface area contributed by atoms with E-state index in [1.165, 1.54) is 11.1 Å². The molecule has 2 aromatic carbocycles. The fourth-order valence-corrected chi connectivity index (χ4v) is 2.35. The molecule has 0 saturated carbocycles. The number of rotatable bonds is 6. The summed E-state index contributed by atoms with van der Waals surface area (Å²) in [7, 11) is 3.71. The summed E-state index contributed by atoms with van der Waals surface area (Å²) >= 11 is 0. The smallest absolute Gasteiger partial charge is 0.150 e. The van der Waals surface area contributed by atoms with Gasteiger partial charge < -0.3 is 4.74 Å². The van der Waals surface area contributed by atoms with Crippen LogP contribution in [0.25, 0.3) is 0 Å². The third-order valence-electron chi connectivity index (χ3n) is 3.45. The van der Waals surface area contributed by atoms with E-state index in [2.05, 4.69) is 43.1 Å². The molecule has 0 saturated heterocycles. The molecule has 0 aromatic heterocycles. The lowest BCUT2D eigenvalue weighted by molar-refractivity contribution is 0.112. The number of hydrogen-bond donors (Lipinski definition) is 0. The summed E-state index contributed by atoms with van der Waals surface area (Å²) in [4.78, 5) is 13.1. The van der Waals surface area contributed by atoms with E-state index in [0.717, 1.165) is 30.7 Å². The minimum atomic E-state index is 0.675. The Morgan fingerprint density at radius 3 is 2.43 bits per heavy atom. The van der Waals surface area contributed by atoms with E-state index in [1.54, 1.807) is 13.2 Å². The molecule has 0 N–H and O–H groups in total. The molecule has 21 heavy (non-hydrogen) atoms. The third-order valence-corrected chi connectivity index (χ3v) is 3.45. The van der Waals surface area contributed by atoms with Gasteiger partial charge in [0.15, 0.2) is 0 Å². The van der Waals surface area contributed by atoms with Crippen molar-refractivity contribution in [3.8, 4) is 5.75 Å². The van der Waals surface area contributed by atoms with Gasteiger partial charge in [-0.2, -0.15) is 0 Å². The SMILES string of the molecule is COc1ccc(C=O)cc1CN(C)Cc1ccc(C)cc1. The van der Waals surface area contributed by atoms with Crippen LogP contribution in [0.1, 0.15) is 27.0 Å². The van der Waals surface area contributed by atoms with Gasteiger partial charge in [0.25, 0.3) is 0 Å². The molecule has 0 aliphatic rings. The second-order valence-corrected chi connectivity index (χ2v) is 5.35. The highest BCUT2D eigenvalue weighted by Gasteiger charge is 2.08. The number of ether oxygens (including phenoxy) is 1. The van der Waals surface area contributed by atoms with Crippen LogP contribution in [0.4, 0.5) is 0 Å². The highest BCUT2D eigenvalue weighted by Crippen LogP contribution is 2.21. The molecule has 0 heterocycles. The Bertz CT molecular complexity index is 605. The van der Waals surface area contributed by atoms with Gasteiger partial charge in [-0.3, -0.25) is 9.69 Å². The molecule has 0 amide bonds. The van der Waals surface area contributed by atoms with Crippen molar-refractivity contribution >= 4 is 6.29 Å². The fraction of sp³-hybridized carbons (Fsp3) is 0.278. The van der Waals surface area contributed by atoms with Gasteiger partial charge in [0.2, 0.25) is 0 Å². The van der Waals surface area contributed by atoms with E-state index in [1.807, 2.05) is 12.1 Å². The fourth-order valence-electron chi connectivity index (χ4n) is 2.35. The summed E-state index contributed by atoms with van der Waals surface area (Å²) in [5, 5.41) is 0. The van der Waals surface area contributed by atoms with Crippen LogP contribution >= 0.6 is 0 Å². The minimum absolute atomic E-state index is 0.675. The predicted octanol–water partition coefficient (Wildman–Crippen LogP) is 3.45. The summed E-state index contributed by atoms with van der Waals surface area (Å²) in [6, 6.07) is 14.0. The first-order valence-electron chi connectivity index (χ1n) is 6.98. The standard InChI is InChI=1S/C18H21NO2/c1-14-4-6-15(7-5-14)11-19(2)12-17-10-16(13-20)8-9-18(17)21-3/h4-10,13H,11-12H2,1-3H3. The van der Waals surface area contributed by atoms with Gasteiger partial charge in [-0.05, 0) is 37.7 Å². The summed E-state index contributed by atoms with van der Waals surface area (Å²) < 4.78 is 5.37. The Labute approximate surface area is 126 Å². The Kier molecular flexibility index (Phi) is 5.12. The Morgan fingerprint density at radius 2 is 1.81 bits per heavy atom. The first-order valence-corrected chi connectivity index (χ1v) is 6.98. The first kappa shape index (κ1) is 15.3. The van der Waals surface area contributed by atoms with Crippen molar-refractivity contribution < 1.29 is 9.53 Å². The van der Waals surface area contributed by atoms with Crippen molar-refractivity contribution in [3.63, 3.8) is 0 Å². The molecule has 0 unspecified atom stereocenters. The molecule has 0 aliphatic carbocycles. The molecule has 0 spiro atoms. The number of hydrogen-bond acceptors (Lipinski definition) is 3. The van der Waals surface area contributed by atoms with Crippen molar-refractivity contribution in [2.45, 2.75) is 20.0 Å². The number of aryl methyl sites for hydroxylation is 1. The van der Waals surface area contributed by atoms with Gasteiger partial charge in [-0.15, -0.1) is 0 Å². The van der Waals surface area contributed by atoms with E-state index < -0.39 is 0 Å². The summed E-state index contributed by atoms with van der Waals surface area (Å²) in [6.45, 7) is 3.68. The van der Waals surface area contributed by atoms with E-state index in [-0.39, 0.29) is 0 Å². The average molecular weight is 283 g/mol. The highest BCUT2D eigenvalue weighted by molar-refractivity contribution is 5.75. The number of benzene rings is 2. The molecular formula is C18H21NO2. The summed E-state index contributed by atoms with van der Waals surface area (Å²) in [6.07, 6.45) is 0.864. The molecule has 0 fully saturated rings. The highest BCUT2D eigenvalue weighted by atomic mass is 16.5. The van der Waals surface area contributed by atoms with Crippen molar-refractivity contribution in [3.05, 3.63) is 64.7 Å². The van der Waals surface area contributed by atoms with Crippen LogP contribution in [0.15, 0.2) is 42.5 Å². The molecule has 2 rings (SSSR count). The topological polar surface area (TPSA) is 29.5 Å². The van der Waals surface area contributed by atoms with Gasteiger partial charge in [0.05, 0.1) is 7.11 Å². The van der Waals surface area contributed by atoms with E-state index in [4.69, 9.17) is 4.74 Å². The van der Waals surface area contributed by atoms with E-state index in [0.29, 0.717) is 5.56 Å². The lowest BCUT2D eigenvalue weighted by Crippen LogP contribution is -2.17. The molecule has 0 atom stereocenters. The van der Waals surface area contributed by atoms with Crippen LogP contribution in [-0.4, -0.2) is 25.3 Å². The van der Waals surface area contributed by atoms with Gasteiger partial charge in [-0.1, -0.05) is 29.8 Å². The third kappa shape index (κ3) is 4.17. The van der Waals surface area contributed by atoms with Gasteiger partial charge in [0.1, 0.15) is 12.0 Å². The number of aldehydes is 1. The van der Waals surface area contributed by atoms with Gasteiger partial charge >= 0.3 is 0 Å². The summed E-state index contributed by atoms with van der Waals surface area (Å²) in [5.74, 6) is 0.816. The number of carbonyl (C=O) groups is 1. The zero-order valence-corrected chi connectivity index (χ0v) is 12.8. The molecule has 0 bridgehead atoms. The molecular weight excluding hydrogens is 262 g/mol. The van der Waals surface area contributed by atoms with Crippen molar-refractivity contribution in [1.29, 1.82) is 0 Å². The zero-order chi connectivity index (χ0) is 15.2. The van der Waals surface area contributed by atoms with E-state index >= 15 is 0 Å². The maximum absolute atomic E-state index is 10.9. The van der Waals surface area contributed by atoms with Crippen LogP contribution in [-0.2, 0) is 13.1 Å². The Morgan fingerprint density at radius 1 is 1.10 bits per heavy atom. The Hall–Kier alpha value is -2.13. The molecule has 3 heteroatoms. The quantitative estimate of drug-likeness (QED) is 0.760. The molecule has 110 valence electrons. The normalized spacial score (nSPS) is 10.7. The second kappa shape index (κ2) is 7.04. The maximum atomic E-state index is 10.9. The molecule has 3 nitrogen and oxygen atoms in total. The maximum Gasteiger partial charge on any atom is 0.150 e. The molecule has 2 aromatic rings. The van der Waals surface area contributed by atoms with Crippen molar-refractivity contribution in [2.24, 2.45) is 0 Å². The zero-order valence-electron chi connectivity index (χ0n) is 12.8. The van der Waals surface area contributed by atoms with Gasteiger partial charge in [0, 0.05) is 24.2 Å².